The largest absolute Gasteiger partial charge is 0.309 e. The minimum atomic E-state index is 0.318. The molecule has 3 heteroatoms. The summed E-state index contributed by atoms with van der Waals surface area (Å²) in [5.74, 6) is 0. The molecule has 1 nitrogen and oxygen atoms in total. The van der Waals surface area contributed by atoms with Crippen LogP contribution in [-0.2, 0) is 6.42 Å². The number of nitrogens with one attached hydrogen (secondary N) is 1. The highest BCUT2D eigenvalue weighted by Crippen LogP contribution is 2.30. The molecule has 0 aliphatic rings. The van der Waals surface area contributed by atoms with Crippen molar-refractivity contribution in [2.24, 2.45) is 0 Å². The number of rotatable bonds is 5. The summed E-state index contributed by atoms with van der Waals surface area (Å²) < 4.78 is 0.853. The van der Waals surface area contributed by atoms with Gasteiger partial charge in [0, 0.05) is 10.9 Å². The third-order valence-corrected chi connectivity index (χ3v) is 5.04. The Bertz CT molecular complexity index is 729. The normalized spacial score (nSPS) is 12.7. The quantitative estimate of drug-likeness (QED) is 0.660. The number of halogens is 1. The van der Waals surface area contributed by atoms with E-state index in [1.54, 1.807) is 11.3 Å². The van der Waals surface area contributed by atoms with Crippen LogP contribution in [0.5, 0.6) is 0 Å². The van der Waals surface area contributed by atoms with Crippen LogP contribution in [0.4, 0.5) is 0 Å². The van der Waals surface area contributed by atoms with Crippen molar-refractivity contribution in [3.8, 4) is 0 Å². The molecule has 3 rings (SSSR count). The van der Waals surface area contributed by atoms with Gasteiger partial charge in [0.05, 0.1) is 4.34 Å². The first-order chi connectivity index (χ1) is 10.3. The van der Waals surface area contributed by atoms with Gasteiger partial charge in [0.1, 0.15) is 0 Å². The first-order valence-electron chi connectivity index (χ1n) is 7.23. The van der Waals surface area contributed by atoms with Gasteiger partial charge in [-0.2, -0.15) is 0 Å². The molecule has 1 atom stereocenters. The second-order valence-electron chi connectivity index (χ2n) is 5.09. The van der Waals surface area contributed by atoms with E-state index in [0.29, 0.717) is 6.04 Å². The average molecular weight is 316 g/mol. The lowest BCUT2D eigenvalue weighted by molar-refractivity contribution is 0.560. The highest BCUT2D eigenvalue weighted by atomic mass is 35.5. The minimum absolute atomic E-state index is 0.318. The van der Waals surface area contributed by atoms with Crippen molar-refractivity contribution >= 4 is 33.7 Å². The lowest BCUT2D eigenvalue weighted by atomic mass is 9.98. The third kappa shape index (κ3) is 3.29. The van der Waals surface area contributed by atoms with Gasteiger partial charge in [-0.1, -0.05) is 61.0 Å². The molecule has 0 bridgehead atoms. The van der Waals surface area contributed by atoms with Gasteiger partial charge in [0.2, 0.25) is 0 Å². The molecule has 21 heavy (non-hydrogen) atoms. The number of thiophene rings is 1. The van der Waals surface area contributed by atoms with E-state index < -0.39 is 0 Å². The van der Waals surface area contributed by atoms with Crippen LogP contribution in [0.25, 0.3) is 10.8 Å². The molecule has 0 aliphatic carbocycles. The van der Waals surface area contributed by atoms with Gasteiger partial charge in [-0.25, -0.2) is 0 Å². The summed E-state index contributed by atoms with van der Waals surface area (Å²) in [5.41, 5.74) is 1.38. The molecule has 0 radical (unpaired) electrons. The Kier molecular flexibility index (Phi) is 4.59. The molecule has 0 fully saturated rings. The maximum atomic E-state index is 6.09. The lowest BCUT2D eigenvalue weighted by Gasteiger charge is -2.17. The number of hydrogen-bond acceptors (Lipinski definition) is 2. The Labute approximate surface area is 134 Å². The fourth-order valence-electron chi connectivity index (χ4n) is 2.73. The molecule has 0 spiro atoms. The van der Waals surface area contributed by atoms with E-state index in [9.17, 15) is 0 Å². The summed E-state index contributed by atoms with van der Waals surface area (Å²) in [7, 11) is 0. The topological polar surface area (TPSA) is 12.0 Å². The summed E-state index contributed by atoms with van der Waals surface area (Å²) in [5, 5.41) is 6.22. The van der Waals surface area contributed by atoms with E-state index in [0.717, 1.165) is 17.3 Å². The molecule has 2 aromatic carbocycles. The molecule has 3 aromatic rings. The van der Waals surface area contributed by atoms with Gasteiger partial charge in [0.25, 0.3) is 0 Å². The van der Waals surface area contributed by atoms with Gasteiger partial charge in [-0.15, -0.1) is 11.3 Å². The zero-order valence-corrected chi connectivity index (χ0v) is 13.5. The van der Waals surface area contributed by atoms with Crippen LogP contribution in [0, 0.1) is 0 Å². The van der Waals surface area contributed by atoms with Gasteiger partial charge in [0.15, 0.2) is 0 Å². The van der Waals surface area contributed by atoms with Crippen molar-refractivity contribution in [3.05, 3.63) is 69.4 Å². The van der Waals surface area contributed by atoms with E-state index in [1.807, 2.05) is 6.07 Å². The van der Waals surface area contributed by atoms with Gasteiger partial charge in [-0.05, 0) is 41.4 Å². The fraction of sp³-hybridized carbons (Fsp3) is 0.222. The first-order valence-corrected chi connectivity index (χ1v) is 8.42. The third-order valence-electron chi connectivity index (χ3n) is 3.69. The molecule has 1 N–H and O–H groups in total. The van der Waals surface area contributed by atoms with Crippen molar-refractivity contribution in [1.29, 1.82) is 0 Å². The van der Waals surface area contributed by atoms with E-state index in [-0.39, 0.29) is 0 Å². The Morgan fingerprint density at radius 1 is 1.05 bits per heavy atom. The monoisotopic (exact) mass is 315 g/mol. The van der Waals surface area contributed by atoms with Crippen LogP contribution in [-0.4, -0.2) is 6.54 Å². The Morgan fingerprint density at radius 3 is 2.62 bits per heavy atom. The van der Waals surface area contributed by atoms with Crippen LogP contribution in [0.2, 0.25) is 4.34 Å². The summed E-state index contributed by atoms with van der Waals surface area (Å²) in [6.45, 7) is 3.09. The summed E-state index contributed by atoms with van der Waals surface area (Å²) >= 11 is 7.76. The van der Waals surface area contributed by atoms with E-state index in [1.165, 1.54) is 21.2 Å². The Balaban J connectivity index is 1.94. The van der Waals surface area contributed by atoms with Crippen molar-refractivity contribution < 1.29 is 0 Å². The van der Waals surface area contributed by atoms with Crippen LogP contribution in [0.3, 0.4) is 0 Å². The van der Waals surface area contributed by atoms with Crippen molar-refractivity contribution in [3.63, 3.8) is 0 Å². The molecular weight excluding hydrogens is 298 g/mol. The molecular formula is C18H18ClNS. The molecule has 108 valence electrons. The predicted octanol–water partition coefficient (Wildman–Crippen LogP) is 5.45. The highest BCUT2D eigenvalue weighted by Gasteiger charge is 2.14. The van der Waals surface area contributed by atoms with Gasteiger partial charge >= 0.3 is 0 Å². The maximum absolute atomic E-state index is 6.09. The SMILES string of the molecule is CCNC(Cc1cccc2ccccc12)c1ccc(Cl)s1. The second kappa shape index (κ2) is 6.61. The predicted molar refractivity (Wildman–Crippen MR) is 93.4 cm³/mol. The minimum Gasteiger partial charge on any atom is -0.309 e. The average Bonchev–Trinajstić information content (AvgIpc) is 2.94. The first kappa shape index (κ1) is 14.6. The van der Waals surface area contributed by atoms with Gasteiger partial charge in [-0.3, -0.25) is 0 Å². The van der Waals surface area contributed by atoms with E-state index >= 15 is 0 Å². The standard InChI is InChI=1S/C18H18ClNS/c1-2-20-16(17-10-11-18(19)21-17)12-14-8-5-7-13-6-3-4-9-15(13)14/h3-11,16,20H,2,12H2,1H3. The number of likely N-dealkylation sites (N-methyl/N-ethyl adjacent to an activating group) is 1. The molecule has 1 heterocycles. The van der Waals surface area contributed by atoms with Crippen LogP contribution in [0.15, 0.2) is 54.6 Å². The number of fused-ring (bicyclic) bond motifs is 1. The number of hydrogen-bond donors (Lipinski definition) is 1. The number of benzene rings is 2. The summed E-state index contributed by atoms with van der Waals surface area (Å²) in [4.78, 5) is 1.30. The highest BCUT2D eigenvalue weighted by molar-refractivity contribution is 7.16. The van der Waals surface area contributed by atoms with Crippen LogP contribution >= 0.6 is 22.9 Å². The zero-order chi connectivity index (χ0) is 14.7. The van der Waals surface area contributed by atoms with Gasteiger partial charge < -0.3 is 5.32 Å². The van der Waals surface area contributed by atoms with E-state index in [4.69, 9.17) is 11.6 Å². The van der Waals surface area contributed by atoms with Crippen LogP contribution < -0.4 is 5.32 Å². The Hall–Kier alpha value is -1.35. The fourth-order valence-corrected chi connectivity index (χ4v) is 3.86. The molecule has 1 unspecified atom stereocenters. The molecule has 0 saturated heterocycles. The summed E-state index contributed by atoms with van der Waals surface area (Å²) in [6, 6.07) is 19.5. The zero-order valence-electron chi connectivity index (χ0n) is 12.0. The lowest BCUT2D eigenvalue weighted by Crippen LogP contribution is -2.22. The van der Waals surface area contributed by atoms with Crippen molar-refractivity contribution in [2.45, 2.75) is 19.4 Å². The van der Waals surface area contributed by atoms with Crippen molar-refractivity contribution in [2.75, 3.05) is 6.54 Å². The maximum Gasteiger partial charge on any atom is 0.0931 e. The van der Waals surface area contributed by atoms with Crippen molar-refractivity contribution in [1.82, 2.24) is 5.32 Å². The molecule has 0 saturated carbocycles. The molecule has 1 aromatic heterocycles. The smallest absolute Gasteiger partial charge is 0.0931 e. The second-order valence-corrected chi connectivity index (χ2v) is 6.84. The van der Waals surface area contributed by atoms with Crippen LogP contribution in [0.1, 0.15) is 23.4 Å². The Morgan fingerprint density at radius 2 is 1.86 bits per heavy atom. The summed E-state index contributed by atoms with van der Waals surface area (Å²) in [6.07, 6.45) is 0.978. The van der Waals surface area contributed by atoms with E-state index in [2.05, 4.69) is 60.8 Å². The molecule has 0 amide bonds. The molecule has 0 aliphatic heterocycles.